The predicted octanol–water partition coefficient (Wildman–Crippen LogP) is 1.01. The van der Waals surface area contributed by atoms with Crippen LogP contribution in [0.5, 0.6) is 0 Å². The zero-order valence-electron chi connectivity index (χ0n) is 8.89. The SMILES string of the molecule is C=CCOC(=O)N[C@H]1C[C@H]1[C@H]1C[C@H]1C(=O)O. The summed E-state index contributed by atoms with van der Waals surface area (Å²) in [6.07, 6.45) is 2.68. The van der Waals surface area contributed by atoms with Crippen molar-refractivity contribution in [3.63, 3.8) is 0 Å². The van der Waals surface area contributed by atoms with Crippen molar-refractivity contribution in [2.75, 3.05) is 6.61 Å². The number of hydrogen-bond acceptors (Lipinski definition) is 3. The fourth-order valence-corrected chi connectivity index (χ4v) is 2.15. The van der Waals surface area contributed by atoms with Crippen LogP contribution in [0.2, 0.25) is 0 Å². The molecule has 16 heavy (non-hydrogen) atoms. The molecule has 0 bridgehead atoms. The Kier molecular flexibility index (Phi) is 2.85. The third-order valence-electron chi connectivity index (χ3n) is 3.18. The maximum absolute atomic E-state index is 11.2. The monoisotopic (exact) mass is 225 g/mol. The number of carbonyl (C=O) groups excluding carboxylic acids is 1. The van der Waals surface area contributed by atoms with Crippen LogP contribution in [0, 0.1) is 17.8 Å². The summed E-state index contributed by atoms with van der Waals surface area (Å²) in [5, 5.41) is 11.5. The fraction of sp³-hybridized carbons (Fsp3) is 0.636. The van der Waals surface area contributed by atoms with Gasteiger partial charge in [0, 0.05) is 6.04 Å². The van der Waals surface area contributed by atoms with Crippen LogP contribution in [-0.4, -0.2) is 29.8 Å². The smallest absolute Gasteiger partial charge is 0.407 e. The molecule has 2 N–H and O–H groups in total. The van der Waals surface area contributed by atoms with Gasteiger partial charge in [-0.3, -0.25) is 4.79 Å². The number of rotatable bonds is 5. The van der Waals surface area contributed by atoms with Crippen molar-refractivity contribution < 1.29 is 19.4 Å². The van der Waals surface area contributed by atoms with Crippen LogP contribution >= 0.6 is 0 Å². The van der Waals surface area contributed by atoms with Crippen LogP contribution in [0.25, 0.3) is 0 Å². The zero-order valence-corrected chi connectivity index (χ0v) is 8.89. The number of carbonyl (C=O) groups is 2. The molecule has 2 rings (SSSR count). The van der Waals surface area contributed by atoms with Crippen LogP contribution in [0.4, 0.5) is 4.79 Å². The second-order valence-electron chi connectivity index (χ2n) is 4.38. The quantitative estimate of drug-likeness (QED) is 0.684. The van der Waals surface area contributed by atoms with Gasteiger partial charge in [0.05, 0.1) is 5.92 Å². The molecule has 0 heterocycles. The average Bonchev–Trinajstić information content (AvgIpc) is 3.06. The number of ether oxygens (including phenoxy) is 1. The van der Waals surface area contributed by atoms with Crippen LogP contribution in [0.15, 0.2) is 12.7 Å². The Morgan fingerprint density at radius 3 is 2.75 bits per heavy atom. The average molecular weight is 225 g/mol. The van der Waals surface area contributed by atoms with Crippen LogP contribution in [0.3, 0.4) is 0 Å². The normalized spacial score (nSPS) is 35.0. The summed E-state index contributed by atoms with van der Waals surface area (Å²) in [5.41, 5.74) is 0. The lowest BCUT2D eigenvalue weighted by atomic mass is 10.2. The molecule has 0 aromatic carbocycles. The minimum Gasteiger partial charge on any atom is -0.481 e. The molecule has 4 atom stereocenters. The summed E-state index contributed by atoms with van der Waals surface area (Å²) >= 11 is 0. The Morgan fingerprint density at radius 2 is 2.19 bits per heavy atom. The number of amides is 1. The van der Waals surface area contributed by atoms with Crippen molar-refractivity contribution in [3.05, 3.63) is 12.7 Å². The van der Waals surface area contributed by atoms with E-state index in [4.69, 9.17) is 9.84 Å². The van der Waals surface area contributed by atoms with Gasteiger partial charge >= 0.3 is 12.1 Å². The molecule has 2 saturated carbocycles. The van der Waals surface area contributed by atoms with Crippen molar-refractivity contribution in [2.45, 2.75) is 18.9 Å². The number of carboxylic acid groups (broad SMARTS) is 1. The van der Waals surface area contributed by atoms with E-state index in [9.17, 15) is 9.59 Å². The summed E-state index contributed by atoms with van der Waals surface area (Å²) in [6.45, 7) is 3.64. The lowest BCUT2D eigenvalue weighted by molar-refractivity contribution is -0.138. The molecule has 5 heteroatoms. The molecule has 0 unspecified atom stereocenters. The summed E-state index contributed by atoms with van der Waals surface area (Å²) in [5.74, 6) is -0.328. The fourth-order valence-electron chi connectivity index (χ4n) is 2.15. The summed E-state index contributed by atoms with van der Waals surface area (Å²) in [7, 11) is 0. The highest BCUT2D eigenvalue weighted by Gasteiger charge is 2.57. The highest BCUT2D eigenvalue weighted by atomic mass is 16.5. The van der Waals surface area contributed by atoms with Gasteiger partial charge in [0.25, 0.3) is 0 Å². The molecule has 0 aliphatic heterocycles. The third-order valence-corrected chi connectivity index (χ3v) is 3.18. The molecule has 0 aromatic rings. The zero-order chi connectivity index (χ0) is 11.7. The van der Waals surface area contributed by atoms with Gasteiger partial charge in [-0.25, -0.2) is 4.79 Å². The Hall–Kier alpha value is -1.52. The molecule has 0 radical (unpaired) electrons. The highest BCUT2D eigenvalue weighted by molar-refractivity contribution is 5.74. The first-order chi connectivity index (χ1) is 7.63. The van der Waals surface area contributed by atoms with E-state index < -0.39 is 12.1 Å². The molecule has 0 spiro atoms. The Balaban J connectivity index is 1.66. The number of aliphatic carboxylic acids is 1. The molecule has 5 nitrogen and oxygen atoms in total. The number of nitrogens with one attached hydrogen (secondary N) is 1. The van der Waals surface area contributed by atoms with Gasteiger partial charge in [-0.1, -0.05) is 12.7 Å². The topological polar surface area (TPSA) is 75.6 Å². The van der Waals surface area contributed by atoms with E-state index in [1.165, 1.54) is 6.08 Å². The van der Waals surface area contributed by atoms with E-state index >= 15 is 0 Å². The number of carboxylic acids is 1. The van der Waals surface area contributed by atoms with Gasteiger partial charge < -0.3 is 15.2 Å². The summed E-state index contributed by atoms with van der Waals surface area (Å²) < 4.78 is 4.78. The molecule has 2 aliphatic rings. The lowest BCUT2D eigenvalue weighted by Crippen LogP contribution is -2.28. The van der Waals surface area contributed by atoms with Gasteiger partial charge in [-0.05, 0) is 24.7 Å². The molecule has 2 fully saturated rings. The Morgan fingerprint density at radius 1 is 1.44 bits per heavy atom. The second kappa shape index (κ2) is 4.15. The van der Waals surface area contributed by atoms with E-state index in [0.717, 1.165) is 12.8 Å². The van der Waals surface area contributed by atoms with Gasteiger partial charge in [0.15, 0.2) is 0 Å². The Labute approximate surface area is 93.5 Å². The maximum Gasteiger partial charge on any atom is 0.407 e. The molecular formula is C11H15NO4. The highest BCUT2D eigenvalue weighted by Crippen LogP contribution is 2.54. The standard InChI is InChI=1S/C11H15NO4/c1-2-3-16-11(15)12-9-5-7(9)6-4-8(6)10(13)14/h2,6-9H,1,3-5H2,(H,12,15)(H,13,14)/t6-,7+,8-,9+/m1/s1. The van der Waals surface area contributed by atoms with Crippen molar-refractivity contribution >= 4 is 12.1 Å². The number of hydrogen-bond donors (Lipinski definition) is 2. The third kappa shape index (κ3) is 2.35. The van der Waals surface area contributed by atoms with E-state index in [1.54, 1.807) is 0 Å². The van der Waals surface area contributed by atoms with E-state index in [0.29, 0.717) is 5.92 Å². The Bertz CT molecular complexity index is 328. The first kappa shape index (κ1) is 11.0. The van der Waals surface area contributed by atoms with Gasteiger partial charge in [-0.2, -0.15) is 0 Å². The molecular weight excluding hydrogens is 210 g/mol. The van der Waals surface area contributed by atoms with Crippen molar-refractivity contribution in [2.24, 2.45) is 17.8 Å². The predicted molar refractivity (Wildman–Crippen MR) is 55.8 cm³/mol. The largest absolute Gasteiger partial charge is 0.481 e. The van der Waals surface area contributed by atoms with Crippen molar-refractivity contribution in [1.82, 2.24) is 5.32 Å². The summed E-state index contributed by atoms with van der Waals surface area (Å²) in [4.78, 5) is 21.8. The van der Waals surface area contributed by atoms with E-state index in [-0.39, 0.29) is 24.5 Å². The molecule has 0 aromatic heterocycles. The van der Waals surface area contributed by atoms with E-state index in [1.807, 2.05) is 0 Å². The minimum absolute atomic E-state index is 0.103. The summed E-state index contributed by atoms with van der Waals surface area (Å²) in [6, 6.07) is 0.103. The number of alkyl carbamates (subject to hydrolysis) is 1. The van der Waals surface area contributed by atoms with Crippen LogP contribution in [0.1, 0.15) is 12.8 Å². The van der Waals surface area contributed by atoms with Crippen LogP contribution in [-0.2, 0) is 9.53 Å². The van der Waals surface area contributed by atoms with Gasteiger partial charge in [-0.15, -0.1) is 0 Å². The maximum atomic E-state index is 11.2. The molecule has 0 saturated heterocycles. The van der Waals surface area contributed by atoms with Gasteiger partial charge in [0.2, 0.25) is 0 Å². The van der Waals surface area contributed by atoms with Crippen molar-refractivity contribution in [1.29, 1.82) is 0 Å². The van der Waals surface area contributed by atoms with Crippen LogP contribution < -0.4 is 5.32 Å². The first-order valence-electron chi connectivity index (χ1n) is 5.40. The molecule has 1 amide bonds. The second-order valence-corrected chi connectivity index (χ2v) is 4.38. The molecule has 2 aliphatic carbocycles. The first-order valence-corrected chi connectivity index (χ1v) is 5.40. The lowest BCUT2D eigenvalue weighted by Gasteiger charge is -2.03. The molecule has 88 valence electrons. The minimum atomic E-state index is -0.718. The van der Waals surface area contributed by atoms with Gasteiger partial charge in [0.1, 0.15) is 6.61 Å². The van der Waals surface area contributed by atoms with Crippen molar-refractivity contribution in [3.8, 4) is 0 Å². The van der Waals surface area contributed by atoms with E-state index in [2.05, 4.69) is 11.9 Å².